The van der Waals surface area contributed by atoms with Crippen molar-refractivity contribution in [3.63, 3.8) is 0 Å². The highest BCUT2D eigenvalue weighted by molar-refractivity contribution is 5.80. The summed E-state index contributed by atoms with van der Waals surface area (Å²) in [6.07, 6.45) is 2.17. The molecule has 5 nitrogen and oxygen atoms in total. The number of oxazole rings is 1. The van der Waals surface area contributed by atoms with Crippen LogP contribution in [0.5, 0.6) is 0 Å². The normalized spacial score (nSPS) is 21.1. The van der Waals surface area contributed by atoms with Gasteiger partial charge in [0, 0.05) is 12.5 Å². The Morgan fingerprint density at radius 1 is 1.44 bits per heavy atom. The van der Waals surface area contributed by atoms with Gasteiger partial charge in [-0.3, -0.25) is 0 Å². The molecule has 1 aromatic heterocycles. The molecule has 18 heavy (non-hydrogen) atoms. The number of nitrogens with zero attached hydrogens (tertiary/aromatic N) is 1. The quantitative estimate of drug-likeness (QED) is 0.807. The monoisotopic (exact) mass is 247 g/mol. The summed E-state index contributed by atoms with van der Waals surface area (Å²) >= 11 is 0. The van der Waals surface area contributed by atoms with E-state index < -0.39 is 0 Å². The van der Waals surface area contributed by atoms with Crippen LogP contribution in [0.1, 0.15) is 29.9 Å². The Hall–Kier alpha value is -1.59. The fourth-order valence-electron chi connectivity index (χ4n) is 2.61. The Bertz CT molecular complexity index is 557. The van der Waals surface area contributed by atoms with Gasteiger partial charge in [0.15, 0.2) is 5.58 Å². The highest BCUT2D eigenvalue weighted by Crippen LogP contribution is 2.33. The summed E-state index contributed by atoms with van der Waals surface area (Å²) in [6.45, 7) is 3.65. The fourth-order valence-corrected chi connectivity index (χ4v) is 2.61. The molecule has 1 fully saturated rings. The predicted octanol–water partition coefficient (Wildman–Crippen LogP) is 2.12. The van der Waals surface area contributed by atoms with Gasteiger partial charge in [0.25, 0.3) is 6.01 Å². The minimum absolute atomic E-state index is 0.226. The van der Waals surface area contributed by atoms with E-state index in [2.05, 4.69) is 23.5 Å². The summed E-state index contributed by atoms with van der Waals surface area (Å²) in [5.41, 5.74) is 12.7. The minimum Gasteiger partial charge on any atom is -0.424 e. The number of hydroxylamine groups is 1. The van der Waals surface area contributed by atoms with Crippen molar-refractivity contribution in [1.82, 2.24) is 10.5 Å². The molecule has 1 aliphatic rings. The number of aromatic nitrogens is 1. The number of rotatable bonds is 1. The third-order valence-corrected chi connectivity index (χ3v) is 3.46. The van der Waals surface area contributed by atoms with Crippen LogP contribution in [0.15, 0.2) is 16.5 Å². The highest BCUT2D eigenvalue weighted by atomic mass is 16.6. The van der Waals surface area contributed by atoms with E-state index in [4.69, 9.17) is 15.0 Å². The number of anilines is 1. The summed E-state index contributed by atoms with van der Waals surface area (Å²) in [7, 11) is 0. The van der Waals surface area contributed by atoms with E-state index in [-0.39, 0.29) is 6.01 Å². The lowest BCUT2D eigenvalue weighted by Gasteiger charge is -2.16. The Morgan fingerprint density at radius 3 is 3.22 bits per heavy atom. The van der Waals surface area contributed by atoms with Crippen molar-refractivity contribution in [2.45, 2.75) is 25.7 Å². The van der Waals surface area contributed by atoms with Gasteiger partial charge in [-0.25, -0.2) is 5.48 Å². The third kappa shape index (κ3) is 1.95. The summed E-state index contributed by atoms with van der Waals surface area (Å²) in [6, 6.07) is 4.21. The molecule has 1 saturated heterocycles. The Morgan fingerprint density at radius 2 is 2.33 bits per heavy atom. The molecule has 1 unspecified atom stereocenters. The second-order valence-corrected chi connectivity index (χ2v) is 4.74. The Labute approximate surface area is 105 Å². The molecule has 96 valence electrons. The first-order valence-corrected chi connectivity index (χ1v) is 6.26. The van der Waals surface area contributed by atoms with Crippen LogP contribution < -0.4 is 11.2 Å². The Kier molecular flexibility index (Phi) is 2.93. The zero-order valence-electron chi connectivity index (χ0n) is 10.4. The van der Waals surface area contributed by atoms with Crippen molar-refractivity contribution >= 4 is 17.1 Å². The SMILES string of the molecule is Cc1ccc2oc(N)nc2c1C1CCCNOC1. The lowest BCUT2D eigenvalue weighted by molar-refractivity contribution is 0.0454. The maximum Gasteiger partial charge on any atom is 0.292 e. The van der Waals surface area contributed by atoms with Crippen LogP contribution in [0, 0.1) is 6.92 Å². The van der Waals surface area contributed by atoms with Crippen LogP contribution in [-0.2, 0) is 4.84 Å². The first kappa shape index (κ1) is 11.5. The molecule has 3 rings (SSSR count). The number of fused-ring (bicyclic) bond motifs is 1. The fraction of sp³-hybridized carbons (Fsp3) is 0.462. The molecule has 3 N–H and O–H groups in total. The van der Waals surface area contributed by atoms with E-state index >= 15 is 0 Å². The van der Waals surface area contributed by atoms with Crippen molar-refractivity contribution < 1.29 is 9.25 Å². The largest absolute Gasteiger partial charge is 0.424 e. The molecule has 1 aliphatic heterocycles. The summed E-state index contributed by atoms with van der Waals surface area (Å²) in [5.74, 6) is 0.341. The van der Waals surface area contributed by atoms with E-state index in [9.17, 15) is 0 Å². The summed E-state index contributed by atoms with van der Waals surface area (Å²) in [4.78, 5) is 9.75. The van der Waals surface area contributed by atoms with Crippen molar-refractivity contribution in [3.8, 4) is 0 Å². The van der Waals surface area contributed by atoms with Crippen LogP contribution >= 0.6 is 0 Å². The van der Waals surface area contributed by atoms with Crippen LogP contribution in [0.4, 0.5) is 6.01 Å². The van der Waals surface area contributed by atoms with Gasteiger partial charge >= 0.3 is 0 Å². The van der Waals surface area contributed by atoms with Gasteiger partial charge in [0.1, 0.15) is 5.52 Å². The van der Waals surface area contributed by atoms with Crippen molar-refractivity contribution in [2.75, 3.05) is 18.9 Å². The topological polar surface area (TPSA) is 73.3 Å². The predicted molar refractivity (Wildman–Crippen MR) is 69.1 cm³/mol. The lowest BCUT2D eigenvalue weighted by atomic mass is 9.90. The molecule has 1 atom stereocenters. The average Bonchev–Trinajstić information content (AvgIpc) is 2.57. The van der Waals surface area contributed by atoms with Crippen molar-refractivity contribution in [1.29, 1.82) is 0 Å². The number of aryl methyl sites for hydroxylation is 1. The van der Waals surface area contributed by atoms with Crippen LogP contribution in [0.3, 0.4) is 0 Å². The van der Waals surface area contributed by atoms with Crippen molar-refractivity contribution in [3.05, 3.63) is 23.3 Å². The van der Waals surface area contributed by atoms with Crippen LogP contribution in [0.25, 0.3) is 11.1 Å². The van der Waals surface area contributed by atoms with E-state index in [0.29, 0.717) is 12.5 Å². The number of hydrogen-bond acceptors (Lipinski definition) is 5. The lowest BCUT2D eigenvalue weighted by Crippen LogP contribution is -2.15. The van der Waals surface area contributed by atoms with Crippen LogP contribution in [0.2, 0.25) is 0 Å². The number of nitrogen functional groups attached to an aromatic ring is 1. The number of nitrogens with two attached hydrogens (primary N) is 1. The highest BCUT2D eigenvalue weighted by Gasteiger charge is 2.21. The van der Waals surface area contributed by atoms with Crippen LogP contribution in [-0.4, -0.2) is 18.1 Å². The average molecular weight is 247 g/mol. The maximum atomic E-state index is 5.65. The maximum absolute atomic E-state index is 5.65. The molecule has 0 bridgehead atoms. The molecule has 1 aromatic carbocycles. The van der Waals surface area contributed by atoms with Gasteiger partial charge in [-0.05, 0) is 37.0 Å². The second kappa shape index (κ2) is 4.59. The van der Waals surface area contributed by atoms with E-state index in [0.717, 1.165) is 30.5 Å². The minimum atomic E-state index is 0.226. The van der Waals surface area contributed by atoms with Gasteiger partial charge in [0.05, 0.1) is 6.61 Å². The number of benzene rings is 1. The second-order valence-electron chi connectivity index (χ2n) is 4.74. The zero-order valence-corrected chi connectivity index (χ0v) is 10.4. The first-order chi connectivity index (χ1) is 8.75. The molecule has 2 heterocycles. The van der Waals surface area contributed by atoms with Gasteiger partial charge in [-0.15, -0.1) is 0 Å². The van der Waals surface area contributed by atoms with Gasteiger partial charge in [0.2, 0.25) is 0 Å². The molecular weight excluding hydrogens is 230 g/mol. The van der Waals surface area contributed by atoms with Gasteiger partial charge in [-0.2, -0.15) is 4.98 Å². The third-order valence-electron chi connectivity index (χ3n) is 3.46. The smallest absolute Gasteiger partial charge is 0.292 e. The first-order valence-electron chi connectivity index (χ1n) is 6.26. The van der Waals surface area contributed by atoms with E-state index in [1.165, 1.54) is 11.1 Å². The molecule has 0 aliphatic carbocycles. The Balaban J connectivity index is 2.10. The molecular formula is C13H17N3O2. The van der Waals surface area contributed by atoms with Gasteiger partial charge < -0.3 is 15.0 Å². The number of hydrogen-bond donors (Lipinski definition) is 2. The van der Waals surface area contributed by atoms with Crippen molar-refractivity contribution in [2.24, 2.45) is 0 Å². The van der Waals surface area contributed by atoms with E-state index in [1.54, 1.807) is 0 Å². The molecule has 0 radical (unpaired) electrons. The standard InChI is InChI=1S/C13H17N3O2/c1-8-4-5-10-12(16-13(14)18-10)11(8)9-3-2-6-15-17-7-9/h4-5,9,15H,2-3,6-7H2,1H3,(H2,14,16). The summed E-state index contributed by atoms with van der Waals surface area (Å²) < 4.78 is 5.40. The number of nitrogens with one attached hydrogen (secondary N) is 1. The van der Waals surface area contributed by atoms with Gasteiger partial charge in [-0.1, -0.05) is 6.07 Å². The molecule has 5 heteroatoms. The zero-order chi connectivity index (χ0) is 12.5. The van der Waals surface area contributed by atoms with E-state index in [1.807, 2.05) is 6.07 Å². The molecule has 0 saturated carbocycles. The molecule has 2 aromatic rings. The summed E-state index contributed by atoms with van der Waals surface area (Å²) in [5, 5.41) is 0. The molecule has 0 amide bonds. The molecule has 0 spiro atoms.